The van der Waals surface area contributed by atoms with E-state index >= 15 is 0 Å². The summed E-state index contributed by atoms with van der Waals surface area (Å²) in [7, 11) is 0. The lowest BCUT2D eigenvalue weighted by atomic mass is 10.2. The van der Waals surface area contributed by atoms with E-state index < -0.39 is 0 Å². The number of hydrogen-bond donors (Lipinski definition) is 1. The molecule has 0 spiro atoms. The smallest absolute Gasteiger partial charge is 0.266 e. The van der Waals surface area contributed by atoms with Gasteiger partial charge in [-0.1, -0.05) is 56.2 Å². The fourth-order valence-electron chi connectivity index (χ4n) is 5.48. The summed E-state index contributed by atoms with van der Waals surface area (Å²) in [5.74, 6) is 1.94. The van der Waals surface area contributed by atoms with Gasteiger partial charge >= 0.3 is 0 Å². The number of piperazine rings is 1. The Balaban J connectivity index is 1.19. The van der Waals surface area contributed by atoms with Crippen molar-refractivity contribution in [1.29, 1.82) is 0 Å². The number of rotatable bonds is 14. The molecule has 1 fully saturated rings. The summed E-state index contributed by atoms with van der Waals surface area (Å²) in [5, 5.41) is 4.03. The summed E-state index contributed by atoms with van der Waals surface area (Å²) in [4.78, 5) is 35.7. The van der Waals surface area contributed by atoms with Gasteiger partial charge in [-0.15, -0.1) is 0 Å². The molecule has 2 heterocycles. The number of hydrogen-bond acceptors (Lipinski definition) is 7. The van der Waals surface area contributed by atoms with Crippen molar-refractivity contribution in [2.75, 3.05) is 45.9 Å². The van der Waals surface area contributed by atoms with Crippen molar-refractivity contribution in [2.24, 2.45) is 0 Å². The highest BCUT2D eigenvalue weighted by Crippen LogP contribution is 2.24. The molecular formula is C35H43N5O4. The number of aromatic nitrogens is 2. The van der Waals surface area contributed by atoms with Crippen LogP contribution in [-0.4, -0.2) is 71.2 Å². The van der Waals surface area contributed by atoms with Gasteiger partial charge in [0.2, 0.25) is 0 Å². The van der Waals surface area contributed by atoms with Crippen LogP contribution >= 0.6 is 0 Å². The average molecular weight is 598 g/mol. The molecule has 0 atom stereocenters. The molecule has 232 valence electrons. The van der Waals surface area contributed by atoms with Crippen molar-refractivity contribution in [1.82, 2.24) is 24.7 Å². The molecule has 1 N–H and O–H groups in total. The third-order valence-corrected chi connectivity index (χ3v) is 7.91. The van der Waals surface area contributed by atoms with Crippen LogP contribution in [0.4, 0.5) is 0 Å². The normalized spacial score (nSPS) is 13.7. The van der Waals surface area contributed by atoms with E-state index in [1.807, 2.05) is 84.6 Å². The molecule has 0 radical (unpaired) electrons. The van der Waals surface area contributed by atoms with Crippen LogP contribution in [0.25, 0.3) is 16.6 Å². The summed E-state index contributed by atoms with van der Waals surface area (Å²) < 4.78 is 13.4. The molecular weight excluding hydrogens is 554 g/mol. The summed E-state index contributed by atoms with van der Waals surface area (Å²) in [5.41, 5.74) is 2.42. The maximum atomic E-state index is 13.8. The van der Waals surface area contributed by atoms with Crippen LogP contribution in [0.1, 0.15) is 44.5 Å². The molecule has 0 unspecified atom stereocenters. The van der Waals surface area contributed by atoms with E-state index in [1.165, 1.54) is 24.8 Å². The van der Waals surface area contributed by atoms with Crippen LogP contribution in [0.15, 0.2) is 77.6 Å². The van der Waals surface area contributed by atoms with Crippen LogP contribution in [0.2, 0.25) is 0 Å². The molecule has 9 heteroatoms. The highest BCUT2D eigenvalue weighted by molar-refractivity contribution is 5.78. The van der Waals surface area contributed by atoms with Gasteiger partial charge in [-0.3, -0.25) is 19.1 Å². The topological polar surface area (TPSA) is 88.9 Å². The predicted molar refractivity (Wildman–Crippen MR) is 174 cm³/mol. The predicted octanol–water partition coefficient (Wildman–Crippen LogP) is 4.79. The Morgan fingerprint density at radius 3 is 2.41 bits per heavy atom. The first-order valence-electron chi connectivity index (χ1n) is 15.7. The molecule has 1 aliphatic rings. The third kappa shape index (κ3) is 7.84. The second-order valence-electron chi connectivity index (χ2n) is 11.1. The largest absolute Gasteiger partial charge is 0.492 e. The van der Waals surface area contributed by atoms with E-state index in [0.29, 0.717) is 73.2 Å². The van der Waals surface area contributed by atoms with Gasteiger partial charge in [-0.05, 0) is 61.9 Å². The highest BCUT2D eigenvalue weighted by atomic mass is 16.5. The Labute approximate surface area is 259 Å². The first-order valence-corrected chi connectivity index (χ1v) is 15.7. The van der Waals surface area contributed by atoms with Crippen molar-refractivity contribution in [2.45, 2.75) is 46.2 Å². The second-order valence-corrected chi connectivity index (χ2v) is 11.1. The summed E-state index contributed by atoms with van der Waals surface area (Å²) >= 11 is 0. The Morgan fingerprint density at radius 1 is 0.886 bits per heavy atom. The zero-order valence-electron chi connectivity index (χ0n) is 25.8. The van der Waals surface area contributed by atoms with Gasteiger partial charge in [0, 0.05) is 32.7 Å². The van der Waals surface area contributed by atoms with Crippen LogP contribution in [0.5, 0.6) is 11.5 Å². The monoisotopic (exact) mass is 597 g/mol. The molecule has 0 saturated carbocycles. The maximum absolute atomic E-state index is 13.8. The van der Waals surface area contributed by atoms with Crippen molar-refractivity contribution < 1.29 is 14.3 Å². The number of fused-ring (bicyclic) bond motifs is 1. The zero-order chi connectivity index (χ0) is 30.7. The van der Waals surface area contributed by atoms with E-state index in [9.17, 15) is 9.59 Å². The van der Waals surface area contributed by atoms with E-state index in [2.05, 4.69) is 17.1 Å². The quantitative estimate of drug-likeness (QED) is 0.209. The lowest BCUT2D eigenvalue weighted by molar-refractivity contribution is -0.135. The first kappa shape index (κ1) is 31.2. The Hall–Kier alpha value is -4.21. The number of carbonyl (C=O) groups is 1. The van der Waals surface area contributed by atoms with Crippen LogP contribution < -0.4 is 20.3 Å². The minimum absolute atomic E-state index is 0.00853. The molecule has 1 saturated heterocycles. The standard InChI is InChI=1S/C35H43N5O4/c1-3-5-10-19-36-24-27-15-17-28(18-16-27)44-26-34(41)39-22-20-38(21-23-39)25-33-37-30-12-7-6-11-29(30)35(42)40(33)31-13-8-9-14-32(31)43-4-2/h6-9,11-18,36H,3-5,10,19-26H2,1-2H3. The molecule has 5 rings (SSSR count). The number of para-hydroxylation sites is 3. The Bertz CT molecular complexity index is 1580. The molecule has 44 heavy (non-hydrogen) atoms. The molecule has 0 aliphatic carbocycles. The number of nitrogens with zero attached hydrogens (tertiary/aromatic N) is 4. The molecule has 1 aliphatic heterocycles. The fraction of sp³-hybridized carbons (Fsp3) is 0.400. The fourth-order valence-corrected chi connectivity index (χ4v) is 5.48. The third-order valence-electron chi connectivity index (χ3n) is 7.91. The minimum Gasteiger partial charge on any atom is -0.492 e. The van der Waals surface area contributed by atoms with Crippen LogP contribution in [-0.2, 0) is 17.9 Å². The van der Waals surface area contributed by atoms with E-state index in [4.69, 9.17) is 14.5 Å². The SMILES string of the molecule is CCCCCNCc1ccc(OCC(=O)N2CCN(Cc3nc4ccccc4c(=O)n3-c3ccccc3OCC)CC2)cc1. The highest BCUT2D eigenvalue weighted by Gasteiger charge is 2.24. The van der Waals surface area contributed by atoms with Gasteiger partial charge < -0.3 is 19.7 Å². The molecule has 1 aromatic heterocycles. The maximum Gasteiger partial charge on any atom is 0.266 e. The Morgan fingerprint density at radius 2 is 1.64 bits per heavy atom. The van der Waals surface area contributed by atoms with E-state index in [0.717, 1.165) is 13.1 Å². The van der Waals surface area contributed by atoms with Crippen molar-refractivity contribution in [3.63, 3.8) is 0 Å². The average Bonchev–Trinajstić information content (AvgIpc) is 3.05. The van der Waals surface area contributed by atoms with Crippen molar-refractivity contribution in [3.05, 3.63) is 94.5 Å². The van der Waals surface area contributed by atoms with Gasteiger partial charge in [0.1, 0.15) is 17.3 Å². The molecule has 9 nitrogen and oxygen atoms in total. The first-order chi connectivity index (χ1) is 21.6. The molecule has 4 aromatic rings. The summed E-state index contributed by atoms with van der Waals surface area (Å²) in [6, 6.07) is 22.9. The summed E-state index contributed by atoms with van der Waals surface area (Å²) in [6.07, 6.45) is 3.66. The van der Waals surface area contributed by atoms with Crippen molar-refractivity contribution in [3.8, 4) is 17.2 Å². The number of nitrogens with one attached hydrogen (secondary N) is 1. The number of carbonyl (C=O) groups excluding carboxylic acids is 1. The van der Waals surface area contributed by atoms with Gasteiger partial charge in [0.05, 0.1) is 29.7 Å². The zero-order valence-corrected chi connectivity index (χ0v) is 25.8. The van der Waals surface area contributed by atoms with Gasteiger partial charge in [0.25, 0.3) is 11.5 Å². The lowest BCUT2D eigenvalue weighted by Gasteiger charge is -2.34. The minimum atomic E-state index is -0.125. The molecule has 3 aromatic carbocycles. The van der Waals surface area contributed by atoms with Gasteiger partial charge in [-0.2, -0.15) is 0 Å². The number of unbranched alkanes of at least 4 members (excludes halogenated alkanes) is 2. The number of ether oxygens (including phenoxy) is 2. The number of amides is 1. The van der Waals surface area contributed by atoms with Crippen LogP contribution in [0.3, 0.4) is 0 Å². The van der Waals surface area contributed by atoms with Crippen molar-refractivity contribution >= 4 is 16.8 Å². The molecule has 1 amide bonds. The van der Waals surface area contributed by atoms with E-state index in [-0.39, 0.29) is 18.1 Å². The number of benzene rings is 3. The summed E-state index contributed by atoms with van der Waals surface area (Å²) in [6.45, 7) is 9.45. The molecule has 0 bridgehead atoms. The van der Waals surface area contributed by atoms with E-state index in [1.54, 1.807) is 4.57 Å². The lowest BCUT2D eigenvalue weighted by Crippen LogP contribution is -2.50. The van der Waals surface area contributed by atoms with Gasteiger partial charge in [0.15, 0.2) is 6.61 Å². The van der Waals surface area contributed by atoms with Gasteiger partial charge in [-0.25, -0.2) is 4.98 Å². The second kappa shape index (κ2) is 15.5. The Kier molecular flexibility index (Phi) is 11.0. The van der Waals surface area contributed by atoms with Crippen LogP contribution in [0, 0.1) is 0 Å².